The van der Waals surface area contributed by atoms with Crippen LogP contribution in [-0.4, -0.2) is 19.7 Å². The highest BCUT2D eigenvalue weighted by Gasteiger charge is 2.12. The van der Waals surface area contributed by atoms with Crippen LogP contribution in [0.3, 0.4) is 0 Å². The molecular formula is C16H16O3. The summed E-state index contributed by atoms with van der Waals surface area (Å²) in [6, 6.07) is 16.9. The van der Waals surface area contributed by atoms with E-state index < -0.39 is 0 Å². The maximum atomic E-state index is 12.3. The molecule has 0 heterocycles. The SMILES string of the molecule is COCOc1ccccc1C(=O)Cc1ccccc1. The number of carbonyl (C=O) groups is 1. The number of ketones is 1. The maximum absolute atomic E-state index is 12.3. The second-order valence-corrected chi connectivity index (χ2v) is 4.13. The summed E-state index contributed by atoms with van der Waals surface area (Å²) >= 11 is 0. The van der Waals surface area contributed by atoms with Gasteiger partial charge in [-0.1, -0.05) is 42.5 Å². The van der Waals surface area contributed by atoms with E-state index in [0.717, 1.165) is 5.56 Å². The molecule has 0 bridgehead atoms. The second kappa shape index (κ2) is 6.71. The van der Waals surface area contributed by atoms with Gasteiger partial charge in [-0.2, -0.15) is 0 Å². The first-order chi connectivity index (χ1) is 9.31. The van der Waals surface area contributed by atoms with E-state index in [9.17, 15) is 4.79 Å². The number of ether oxygens (including phenoxy) is 2. The molecule has 2 rings (SSSR count). The van der Waals surface area contributed by atoms with Gasteiger partial charge < -0.3 is 9.47 Å². The number of rotatable bonds is 6. The molecule has 2 aromatic carbocycles. The first-order valence-corrected chi connectivity index (χ1v) is 6.09. The lowest BCUT2D eigenvalue weighted by Crippen LogP contribution is -2.08. The fraction of sp³-hybridized carbons (Fsp3) is 0.188. The van der Waals surface area contributed by atoms with Crippen molar-refractivity contribution in [3.05, 3.63) is 65.7 Å². The van der Waals surface area contributed by atoms with E-state index in [4.69, 9.17) is 9.47 Å². The van der Waals surface area contributed by atoms with Crippen molar-refractivity contribution in [1.82, 2.24) is 0 Å². The average molecular weight is 256 g/mol. The Bertz CT molecular complexity index is 535. The molecule has 0 saturated heterocycles. The molecule has 3 nitrogen and oxygen atoms in total. The summed E-state index contributed by atoms with van der Waals surface area (Å²) in [6.07, 6.45) is 0.369. The fourth-order valence-electron chi connectivity index (χ4n) is 1.82. The minimum atomic E-state index is 0.0397. The van der Waals surface area contributed by atoms with E-state index in [0.29, 0.717) is 17.7 Å². The minimum Gasteiger partial charge on any atom is -0.467 e. The van der Waals surface area contributed by atoms with Crippen LogP contribution in [0.2, 0.25) is 0 Å². The Balaban J connectivity index is 2.14. The molecule has 0 atom stereocenters. The van der Waals surface area contributed by atoms with Crippen LogP contribution in [0, 0.1) is 0 Å². The minimum absolute atomic E-state index is 0.0397. The first kappa shape index (κ1) is 13.3. The van der Waals surface area contributed by atoms with E-state index in [1.807, 2.05) is 42.5 Å². The highest BCUT2D eigenvalue weighted by atomic mass is 16.7. The smallest absolute Gasteiger partial charge is 0.188 e. The molecule has 3 heteroatoms. The van der Waals surface area contributed by atoms with Crippen molar-refractivity contribution in [1.29, 1.82) is 0 Å². The second-order valence-electron chi connectivity index (χ2n) is 4.13. The van der Waals surface area contributed by atoms with E-state index in [2.05, 4.69) is 0 Å². The Morgan fingerprint density at radius 3 is 2.42 bits per heavy atom. The lowest BCUT2D eigenvalue weighted by molar-refractivity contribution is 0.0502. The van der Waals surface area contributed by atoms with Gasteiger partial charge in [0, 0.05) is 13.5 Å². The van der Waals surface area contributed by atoms with Gasteiger partial charge in [-0.3, -0.25) is 4.79 Å². The number of hydrogen-bond acceptors (Lipinski definition) is 3. The third-order valence-corrected chi connectivity index (χ3v) is 2.73. The van der Waals surface area contributed by atoms with Gasteiger partial charge >= 0.3 is 0 Å². The van der Waals surface area contributed by atoms with Crippen LogP contribution in [0.4, 0.5) is 0 Å². The van der Waals surface area contributed by atoms with E-state index >= 15 is 0 Å². The quantitative estimate of drug-likeness (QED) is 0.588. The summed E-state index contributed by atoms with van der Waals surface area (Å²) in [5.74, 6) is 0.600. The maximum Gasteiger partial charge on any atom is 0.188 e. The molecule has 0 saturated carbocycles. The van der Waals surface area contributed by atoms with Gasteiger partial charge in [-0.25, -0.2) is 0 Å². The van der Waals surface area contributed by atoms with Crippen molar-refractivity contribution in [2.75, 3.05) is 13.9 Å². The third kappa shape index (κ3) is 3.66. The fourth-order valence-corrected chi connectivity index (χ4v) is 1.82. The zero-order valence-electron chi connectivity index (χ0n) is 10.8. The number of methoxy groups -OCH3 is 1. The van der Waals surface area contributed by atoms with Gasteiger partial charge in [0.2, 0.25) is 0 Å². The zero-order chi connectivity index (χ0) is 13.5. The van der Waals surface area contributed by atoms with Crippen LogP contribution in [0.15, 0.2) is 54.6 Å². The summed E-state index contributed by atoms with van der Waals surface area (Å²) in [4.78, 5) is 12.3. The molecular weight excluding hydrogens is 240 g/mol. The molecule has 0 radical (unpaired) electrons. The predicted molar refractivity (Wildman–Crippen MR) is 73.4 cm³/mol. The largest absolute Gasteiger partial charge is 0.467 e. The first-order valence-electron chi connectivity index (χ1n) is 6.09. The van der Waals surface area contributed by atoms with Crippen LogP contribution >= 0.6 is 0 Å². The standard InChI is InChI=1S/C16H16O3/c1-18-12-19-16-10-6-5-9-14(16)15(17)11-13-7-3-2-4-8-13/h2-10H,11-12H2,1H3. The van der Waals surface area contributed by atoms with Crippen LogP contribution in [0.1, 0.15) is 15.9 Å². The summed E-state index contributed by atoms with van der Waals surface area (Å²) < 4.78 is 10.3. The predicted octanol–water partition coefficient (Wildman–Crippen LogP) is 3.09. The van der Waals surface area contributed by atoms with Crippen molar-refractivity contribution in [2.24, 2.45) is 0 Å². The van der Waals surface area contributed by atoms with Crippen molar-refractivity contribution in [2.45, 2.75) is 6.42 Å². The van der Waals surface area contributed by atoms with Crippen molar-refractivity contribution in [3.8, 4) is 5.75 Å². The zero-order valence-corrected chi connectivity index (χ0v) is 10.8. The Hall–Kier alpha value is -2.13. The van der Waals surface area contributed by atoms with E-state index in [1.165, 1.54) is 0 Å². The number of Topliss-reactive ketones (excluding diaryl/α,β-unsaturated/α-hetero) is 1. The molecule has 0 amide bonds. The van der Waals surface area contributed by atoms with Gasteiger partial charge in [0.15, 0.2) is 12.6 Å². The van der Waals surface area contributed by atoms with Crippen LogP contribution < -0.4 is 4.74 Å². The number of para-hydroxylation sites is 1. The lowest BCUT2D eigenvalue weighted by Gasteiger charge is -2.09. The van der Waals surface area contributed by atoms with Crippen LogP contribution in [0.5, 0.6) is 5.75 Å². The highest BCUT2D eigenvalue weighted by molar-refractivity contribution is 5.99. The van der Waals surface area contributed by atoms with Crippen molar-refractivity contribution < 1.29 is 14.3 Å². The molecule has 19 heavy (non-hydrogen) atoms. The molecule has 0 N–H and O–H groups in total. The van der Waals surface area contributed by atoms with Gasteiger partial charge in [-0.05, 0) is 17.7 Å². The highest BCUT2D eigenvalue weighted by Crippen LogP contribution is 2.20. The van der Waals surface area contributed by atoms with Crippen molar-refractivity contribution in [3.63, 3.8) is 0 Å². The molecule has 0 fully saturated rings. The Labute approximate surface area is 112 Å². The molecule has 0 spiro atoms. The Morgan fingerprint density at radius 1 is 1.00 bits per heavy atom. The lowest BCUT2D eigenvalue weighted by atomic mass is 10.0. The number of benzene rings is 2. The van der Waals surface area contributed by atoms with Crippen molar-refractivity contribution >= 4 is 5.78 Å². The topological polar surface area (TPSA) is 35.5 Å². The third-order valence-electron chi connectivity index (χ3n) is 2.73. The summed E-state index contributed by atoms with van der Waals surface area (Å²) in [5.41, 5.74) is 1.58. The van der Waals surface area contributed by atoms with Crippen LogP contribution in [-0.2, 0) is 11.2 Å². The molecule has 0 aromatic heterocycles. The van der Waals surface area contributed by atoms with Gasteiger partial charge in [-0.15, -0.1) is 0 Å². The molecule has 0 aliphatic carbocycles. The summed E-state index contributed by atoms with van der Waals surface area (Å²) in [6.45, 7) is 0.135. The molecule has 2 aromatic rings. The Morgan fingerprint density at radius 2 is 1.68 bits per heavy atom. The van der Waals surface area contributed by atoms with Gasteiger partial charge in [0.1, 0.15) is 5.75 Å². The number of hydrogen-bond donors (Lipinski definition) is 0. The molecule has 0 unspecified atom stereocenters. The molecule has 0 aliphatic rings. The molecule has 98 valence electrons. The van der Waals surface area contributed by atoms with E-state index in [-0.39, 0.29) is 12.6 Å². The average Bonchev–Trinajstić information content (AvgIpc) is 2.46. The van der Waals surface area contributed by atoms with E-state index in [1.54, 1.807) is 19.2 Å². The van der Waals surface area contributed by atoms with Gasteiger partial charge in [0.05, 0.1) is 5.56 Å². The summed E-state index contributed by atoms with van der Waals surface area (Å²) in [7, 11) is 1.55. The molecule has 0 aliphatic heterocycles. The number of carbonyl (C=O) groups excluding carboxylic acids is 1. The monoisotopic (exact) mass is 256 g/mol. The van der Waals surface area contributed by atoms with Crippen LogP contribution in [0.25, 0.3) is 0 Å². The van der Waals surface area contributed by atoms with Gasteiger partial charge in [0.25, 0.3) is 0 Å². The normalized spacial score (nSPS) is 10.2. The Kier molecular flexibility index (Phi) is 4.70. The summed E-state index contributed by atoms with van der Waals surface area (Å²) in [5, 5.41) is 0.